The molecule has 0 aromatic carbocycles. The third kappa shape index (κ3) is 4.19. The minimum absolute atomic E-state index is 0.0497. The van der Waals surface area contributed by atoms with Crippen LogP contribution in [0.25, 0.3) is 0 Å². The molecule has 0 saturated carbocycles. The third-order valence-electron chi connectivity index (χ3n) is 3.09. The zero-order chi connectivity index (χ0) is 15.3. The largest absolute Gasteiger partial charge is 0.434 e. The number of aromatic nitrogens is 1. The summed E-state index contributed by atoms with van der Waals surface area (Å²) in [6.07, 6.45) is -3.80. The molecule has 2 unspecified atom stereocenters. The number of carbonyl (C=O) groups is 1. The minimum Gasteiger partial charge on any atom is -0.391 e. The maximum absolute atomic E-state index is 12.7. The average Bonchev–Trinajstić information content (AvgIpc) is 2.42. The Labute approximate surface area is 115 Å². The first-order valence-corrected chi connectivity index (χ1v) is 6.25. The number of nitrogens with one attached hydrogen (secondary N) is 1. The van der Waals surface area contributed by atoms with Crippen molar-refractivity contribution in [1.82, 2.24) is 10.3 Å². The molecule has 0 radical (unpaired) electrons. The molecule has 20 heavy (non-hydrogen) atoms. The van der Waals surface area contributed by atoms with Gasteiger partial charge in [-0.2, -0.15) is 13.2 Å². The van der Waals surface area contributed by atoms with E-state index in [0.29, 0.717) is 6.42 Å². The molecule has 0 aliphatic heterocycles. The molecule has 0 aliphatic rings. The number of rotatable bonds is 5. The molecule has 2 atom stereocenters. The molecule has 0 saturated heterocycles. The number of pyridine rings is 1. The third-order valence-corrected chi connectivity index (χ3v) is 3.09. The molecular weight excluding hydrogens is 273 g/mol. The SMILES string of the molecule is CCC(C)C(O)CNC(=O)c1cccnc1C(F)(F)F. The maximum atomic E-state index is 12.7. The van der Waals surface area contributed by atoms with Crippen molar-refractivity contribution in [2.24, 2.45) is 5.92 Å². The molecule has 112 valence electrons. The topological polar surface area (TPSA) is 62.2 Å². The normalized spacial score (nSPS) is 14.7. The Hall–Kier alpha value is -1.63. The fraction of sp³-hybridized carbons (Fsp3) is 0.538. The lowest BCUT2D eigenvalue weighted by atomic mass is 10.0. The fourth-order valence-electron chi connectivity index (χ4n) is 1.58. The van der Waals surface area contributed by atoms with Crippen LogP contribution >= 0.6 is 0 Å². The summed E-state index contributed by atoms with van der Waals surface area (Å²) in [5, 5.41) is 12.0. The van der Waals surface area contributed by atoms with Gasteiger partial charge in [-0.25, -0.2) is 0 Å². The van der Waals surface area contributed by atoms with Crippen LogP contribution in [-0.4, -0.2) is 28.6 Å². The van der Waals surface area contributed by atoms with E-state index in [2.05, 4.69) is 10.3 Å². The van der Waals surface area contributed by atoms with Crippen LogP contribution in [0.2, 0.25) is 0 Å². The highest BCUT2D eigenvalue weighted by atomic mass is 19.4. The first-order valence-electron chi connectivity index (χ1n) is 6.25. The van der Waals surface area contributed by atoms with Crippen molar-refractivity contribution < 1.29 is 23.1 Å². The van der Waals surface area contributed by atoms with Crippen molar-refractivity contribution in [2.75, 3.05) is 6.54 Å². The summed E-state index contributed by atoms with van der Waals surface area (Å²) in [6, 6.07) is 2.32. The number of hydrogen-bond donors (Lipinski definition) is 2. The number of alkyl halides is 3. The summed E-state index contributed by atoms with van der Waals surface area (Å²) in [4.78, 5) is 15.0. The molecule has 4 nitrogen and oxygen atoms in total. The molecule has 0 bridgehead atoms. The smallest absolute Gasteiger partial charge is 0.391 e. The van der Waals surface area contributed by atoms with Gasteiger partial charge in [0.25, 0.3) is 5.91 Å². The highest BCUT2D eigenvalue weighted by Gasteiger charge is 2.36. The first kappa shape index (κ1) is 16.4. The van der Waals surface area contributed by atoms with Crippen LogP contribution in [0.5, 0.6) is 0 Å². The Bertz CT molecular complexity index is 463. The molecular formula is C13H17F3N2O2. The quantitative estimate of drug-likeness (QED) is 0.874. The molecule has 1 aromatic rings. The summed E-state index contributed by atoms with van der Waals surface area (Å²) >= 11 is 0. The molecule has 1 amide bonds. The van der Waals surface area contributed by atoms with Crippen molar-refractivity contribution in [3.8, 4) is 0 Å². The van der Waals surface area contributed by atoms with Gasteiger partial charge in [-0.3, -0.25) is 9.78 Å². The first-order chi connectivity index (χ1) is 9.27. The van der Waals surface area contributed by atoms with Crippen LogP contribution in [-0.2, 0) is 6.18 Å². The predicted octanol–water partition coefficient (Wildman–Crippen LogP) is 2.24. The summed E-state index contributed by atoms with van der Waals surface area (Å²) in [7, 11) is 0. The van der Waals surface area contributed by atoms with Crippen molar-refractivity contribution in [3.63, 3.8) is 0 Å². The molecule has 0 spiro atoms. The van der Waals surface area contributed by atoms with E-state index in [9.17, 15) is 23.1 Å². The summed E-state index contributed by atoms with van der Waals surface area (Å²) in [5.41, 5.74) is -1.77. The van der Waals surface area contributed by atoms with Gasteiger partial charge in [-0.15, -0.1) is 0 Å². The number of amides is 1. The summed E-state index contributed by atoms with van der Waals surface area (Å²) in [6.45, 7) is 3.57. The second-order valence-electron chi connectivity index (χ2n) is 4.56. The maximum Gasteiger partial charge on any atom is 0.434 e. The molecule has 1 rings (SSSR count). The van der Waals surface area contributed by atoms with Crippen LogP contribution < -0.4 is 5.32 Å². The molecule has 0 fully saturated rings. The van der Waals surface area contributed by atoms with Gasteiger partial charge < -0.3 is 10.4 Å². The number of aliphatic hydroxyl groups is 1. The molecule has 1 aromatic heterocycles. The van der Waals surface area contributed by atoms with Crippen molar-refractivity contribution >= 4 is 5.91 Å². The number of hydrogen-bond acceptors (Lipinski definition) is 3. The standard InChI is InChI=1S/C13H17F3N2O2/c1-3-8(2)10(19)7-18-12(20)9-5-4-6-17-11(9)13(14,15)16/h4-6,8,10,19H,3,7H2,1-2H3,(H,18,20). The molecule has 2 N–H and O–H groups in total. The summed E-state index contributed by atoms with van der Waals surface area (Å²) < 4.78 is 38.1. The Morgan fingerprint density at radius 2 is 2.15 bits per heavy atom. The van der Waals surface area contributed by atoms with E-state index in [1.54, 1.807) is 6.92 Å². The average molecular weight is 290 g/mol. The van der Waals surface area contributed by atoms with Gasteiger partial charge in [0.15, 0.2) is 5.69 Å². The molecule has 1 heterocycles. The van der Waals surface area contributed by atoms with Crippen molar-refractivity contribution in [1.29, 1.82) is 0 Å². The summed E-state index contributed by atoms with van der Waals surface area (Å²) in [5.74, 6) is -0.945. The molecule has 0 aliphatic carbocycles. The van der Waals surface area contributed by atoms with E-state index in [4.69, 9.17) is 0 Å². The van der Waals surface area contributed by atoms with Crippen molar-refractivity contribution in [2.45, 2.75) is 32.5 Å². The Balaban J connectivity index is 2.79. The fourth-order valence-corrected chi connectivity index (χ4v) is 1.58. The van der Waals surface area contributed by atoms with Gasteiger partial charge in [0.05, 0.1) is 11.7 Å². The van der Waals surface area contributed by atoms with E-state index in [1.165, 1.54) is 6.07 Å². The van der Waals surface area contributed by atoms with Gasteiger partial charge in [0.2, 0.25) is 0 Å². The van der Waals surface area contributed by atoms with Crippen LogP contribution in [0.4, 0.5) is 13.2 Å². The Morgan fingerprint density at radius 3 is 2.70 bits per heavy atom. The van der Waals surface area contributed by atoms with E-state index in [0.717, 1.165) is 12.3 Å². The highest BCUT2D eigenvalue weighted by molar-refractivity contribution is 5.95. The lowest BCUT2D eigenvalue weighted by Crippen LogP contribution is -2.36. The van der Waals surface area contributed by atoms with Crippen molar-refractivity contribution in [3.05, 3.63) is 29.6 Å². The van der Waals surface area contributed by atoms with E-state index in [1.807, 2.05) is 6.92 Å². The van der Waals surface area contributed by atoms with Gasteiger partial charge in [-0.1, -0.05) is 20.3 Å². The second-order valence-corrected chi connectivity index (χ2v) is 4.56. The Morgan fingerprint density at radius 1 is 1.50 bits per heavy atom. The van der Waals surface area contributed by atoms with Gasteiger partial charge >= 0.3 is 6.18 Å². The second kappa shape index (κ2) is 6.69. The van der Waals surface area contributed by atoms with Crippen LogP contribution in [0.3, 0.4) is 0 Å². The van der Waals surface area contributed by atoms with E-state index >= 15 is 0 Å². The zero-order valence-electron chi connectivity index (χ0n) is 11.2. The van der Waals surface area contributed by atoms with Gasteiger partial charge in [0.1, 0.15) is 0 Å². The Kier molecular flexibility index (Phi) is 5.50. The number of carbonyl (C=O) groups excluding carboxylic acids is 1. The predicted molar refractivity (Wildman–Crippen MR) is 67.0 cm³/mol. The van der Waals surface area contributed by atoms with Crippen LogP contribution in [0.1, 0.15) is 36.3 Å². The van der Waals surface area contributed by atoms with Crippen LogP contribution in [0, 0.1) is 5.92 Å². The van der Waals surface area contributed by atoms with Gasteiger partial charge in [-0.05, 0) is 18.1 Å². The number of halogens is 3. The lowest BCUT2D eigenvalue weighted by molar-refractivity contribution is -0.141. The van der Waals surface area contributed by atoms with Gasteiger partial charge in [0, 0.05) is 12.7 Å². The number of nitrogens with zero attached hydrogens (tertiary/aromatic N) is 1. The molecule has 7 heteroatoms. The monoisotopic (exact) mass is 290 g/mol. The number of aliphatic hydroxyl groups excluding tert-OH is 1. The lowest BCUT2D eigenvalue weighted by Gasteiger charge is -2.18. The van der Waals surface area contributed by atoms with E-state index < -0.39 is 29.4 Å². The zero-order valence-corrected chi connectivity index (χ0v) is 11.2. The minimum atomic E-state index is -4.69. The van der Waals surface area contributed by atoms with E-state index in [-0.39, 0.29) is 12.5 Å². The van der Waals surface area contributed by atoms with Crippen LogP contribution in [0.15, 0.2) is 18.3 Å². The highest BCUT2D eigenvalue weighted by Crippen LogP contribution is 2.29.